The zero-order valence-electron chi connectivity index (χ0n) is 11.2. The van der Waals surface area contributed by atoms with Gasteiger partial charge in [-0.25, -0.2) is 9.78 Å². The highest BCUT2D eigenvalue weighted by atomic mass is 32.1. The van der Waals surface area contributed by atoms with Crippen LogP contribution in [0.2, 0.25) is 0 Å². The molecule has 20 heavy (non-hydrogen) atoms. The zero-order valence-corrected chi connectivity index (χ0v) is 12.0. The monoisotopic (exact) mass is 292 g/mol. The van der Waals surface area contributed by atoms with Crippen LogP contribution in [0, 0.1) is 6.92 Å². The van der Waals surface area contributed by atoms with Crippen LogP contribution in [0.3, 0.4) is 0 Å². The second-order valence-corrected chi connectivity index (χ2v) is 5.68. The molecule has 0 radical (unpaired) electrons. The van der Waals surface area contributed by atoms with Gasteiger partial charge in [0.25, 0.3) is 0 Å². The van der Waals surface area contributed by atoms with Crippen molar-refractivity contribution in [2.75, 3.05) is 18.0 Å². The summed E-state index contributed by atoms with van der Waals surface area (Å²) in [6.45, 7) is 3.67. The van der Waals surface area contributed by atoms with Gasteiger partial charge in [-0.05, 0) is 31.9 Å². The van der Waals surface area contributed by atoms with Gasteiger partial charge in [-0.2, -0.15) is 4.37 Å². The van der Waals surface area contributed by atoms with Gasteiger partial charge in [-0.15, -0.1) is 0 Å². The Hall–Kier alpha value is -1.89. The maximum atomic E-state index is 11.2. The number of aryl methyl sites for hydroxylation is 1. The van der Waals surface area contributed by atoms with E-state index in [4.69, 9.17) is 0 Å². The van der Waals surface area contributed by atoms with E-state index in [1.807, 2.05) is 17.7 Å². The molecule has 7 heteroatoms. The standard InChI is InChI=1S/C13H16N4O2S/c1-9-14-13(20-15-9)16-7-4-10(5-8-16)17-6-2-3-11(17)12(18)19/h2-3,6,10H,4-5,7-8H2,1H3,(H,18,19). The summed E-state index contributed by atoms with van der Waals surface area (Å²) in [7, 11) is 0. The fourth-order valence-electron chi connectivity index (χ4n) is 2.64. The molecule has 1 aliphatic rings. The van der Waals surface area contributed by atoms with Gasteiger partial charge in [-0.3, -0.25) is 0 Å². The van der Waals surface area contributed by atoms with Gasteiger partial charge in [-0.1, -0.05) is 0 Å². The van der Waals surface area contributed by atoms with Crippen molar-refractivity contribution < 1.29 is 9.90 Å². The third kappa shape index (κ3) is 2.40. The molecule has 0 saturated carbocycles. The van der Waals surface area contributed by atoms with Crippen LogP contribution in [0.15, 0.2) is 18.3 Å². The van der Waals surface area contributed by atoms with E-state index < -0.39 is 5.97 Å². The molecule has 0 bridgehead atoms. The minimum atomic E-state index is -0.864. The Morgan fingerprint density at radius 2 is 2.20 bits per heavy atom. The van der Waals surface area contributed by atoms with Gasteiger partial charge in [0, 0.05) is 36.9 Å². The van der Waals surface area contributed by atoms with Gasteiger partial charge in [0.1, 0.15) is 11.5 Å². The molecule has 0 aromatic carbocycles. The second kappa shape index (κ2) is 5.24. The average Bonchev–Trinajstić information content (AvgIpc) is 3.07. The average molecular weight is 292 g/mol. The molecule has 1 aliphatic heterocycles. The molecule has 2 aromatic heterocycles. The Labute approximate surface area is 120 Å². The first kappa shape index (κ1) is 13.1. The molecule has 1 N–H and O–H groups in total. The normalized spacial score (nSPS) is 16.6. The van der Waals surface area contributed by atoms with Crippen molar-refractivity contribution in [1.82, 2.24) is 13.9 Å². The molecule has 0 spiro atoms. The van der Waals surface area contributed by atoms with Gasteiger partial charge in [0.15, 0.2) is 0 Å². The molecule has 1 saturated heterocycles. The van der Waals surface area contributed by atoms with Crippen LogP contribution >= 0.6 is 11.5 Å². The van der Waals surface area contributed by atoms with E-state index in [1.165, 1.54) is 11.5 Å². The first-order valence-electron chi connectivity index (χ1n) is 6.60. The lowest BCUT2D eigenvalue weighted by Crippen LogP contribution is -2.35. The highest BCUT2D eigenvalue weighted by Gasteiger charge is 2.24. The predicted octanol–water partition coefficient (Wildman–Crippen LogP) is 2.19. The molecule has 3 heterocycles. The molecule has 0 aliphatic carbocycles. The quantitative estimate of drug-likeness (QED) is 0.939. The molecule has 6 nitrogen and oxygen atoms in total. The Morgan fingerprint density at radius 3 is 2.80 bits per heavy atom. The summed E-state index contributed by atoms with van der Waals surface area (Å²) in [5.41, 5.74) is 0.371. The summed E-state index contributed by atoms with van der Waals surface area (Å²) in [4.78, 5) is 17.8. The van der Waals surface area contributed by atoms with Crippen LogP contribution in [-0.2, 0) is 0 Å². The van der Waals surface area contributed by atoms with E-state index in [0.29, 0.717) is 5.69 Å². The third-order valence-electron chi connectivity index (χ3n) is 3.64. The lowest BCUT2D eigenvalue weighted by atomic mass is 10.1. The molecule has 0 atom stereocenters. The van der Waals surface area contributed by atoms with E-state index in [1.54, 1.807) is 12.1 Å². The predicted molar refractivity (Wildman–Crippen MR) is 76.5 cm³/mol. The fraction of sp³-hybridized carbons (Fsp3) is 0.462. The molecule has 0 amide bonds. The molecule has 1 fully saturated rings. The van der Waals surface area contributed by atoms with Crippen molar-refractivity contribution in [2.24, 2.45) is 0 Å². The summed E-state index contributed by atoms with van der Waals surface area (Å²) in [6.07, 6.45) is 3.71. The number of aromatic carboxylic acids is 1. The van der Waals surface area contributed by atoms with Crippen LogP contribution in [0.4, 0.5) is 5.13 Å². The Balaban J connectivity index is 1.69. The van der Waals surface area contributed by atoms with Gasteiger partial charge < -0.3 is 14.6 Å². The van der Waals surface area contributed by atoms with E-state index in [-0.39, 0.29) is 6.04 Å². The van der Waals surface area contributed by atoms with Crippen molar-refractivity contribution in [1.29, 1.82) is 0 Å². The Morgan fingerprint density at radius 1 is 1.45 bits per heavy atom. The van der Waals surface area contributed by atoms with Crippen molar-refractivity contribution in [3.8, 4) is 0 Å². The van der Waals surface area contributed by atoms with E-state index >= 15 is 0 Å². The number of anilines is 1. The summed E-state index contributed by atoms with van der Waals surface area (Å²) in [5.74, 6) is -0.0529. The number of hydrogen-bond donors (Lipinski definition) is 1. The molecule has 2 aromatic rings. The van der Waals surface area contributed by atoms with Crippen LogP contribution in [0.5, 0.6) is 0 Å². The topological polar surface area (TPSA) is 71.2 Å². The number of hydrogen-bond acceptors (Lipinski definition) is 5. The van der Waals surface area contributed by atoms with E-state index in [2.05, 4.69) is 14.3 Å². The number of carbonyl (C=O) groups is 1. The number of rotatable bonds is 3. The summed E-state index contributed by atoms with van der Waals surface area (Å²) in [5, 5.41) is 10.1. The Kier molecular flexibility index (Phi) is 3.43. The lowest BCUT2D eigenvalue weighted by Gasteiger charge is -2.32. The largest absolute Gasteiger partial charge is 0.477 e. The van der Waals surface area contributed by atoms with Gasteiger partial charge in [0.2, 0.25) is 5.13 Å². The van der Waals surface area contributed by atoms with Crippen LogP contribution in [-0.4, -0.2) is 38.1 Å². The SMILES string of the molecule is Cc1nsc(N2CCC(n3cccc3C(=O)O)CC2)n1. The van der Waals surface area contributed by atoms with Crippen molar-refractivity contribution in [3.63, 3.8) is 0 Å². The number of carboxylic acids is 1. The minimum Gasteiger partial charge on any atom is -0.477 e. The second-order valence-electron chi connectivity index (χ2n) is 4.95. The Bertz CT molecular complexity index is 613. The van der Waals surface area contributed by atoms with Crippen LogP contribution in [0.1, 0.15) is 35.2 Å². The maximum Gasteiger partial charge on any atom is 0.352 e. The molecule has 3 rings (SSSR count). The van der Waals surface area contributed by atoms with Crippen LogP contribution < -0.4 is 4.90 Å². The van der Waals surface area contributed by atoms with E-state index in [0.717, 1.165) is 36.9 Å². The fourth-order valence-corrected chi connectivity index (χ4v) is 3.37. The van der Waals surface area contributed by atoms with Gasteiger partial charge in [0.05, 0.1) is 0 Å². The van der Waals surface area contributed by atoms with Crippen molar-refractivity contribution >= 4 is 22.6 Å². The minimum absolute atomic E-state index is 0.251. The number of piperidine rings is 1. The first-order valence-corrected chi connectivity index (χ1v) is 7.38. The molecular weight excluding hydrogens is 276 g/mol. The van der Waals surface area contributed by atoms with Crippen molar-refractivity contribution in [2.45, 2.75) is 25.8 Å². The molecule has 0 unspecified atom stereocenters. The van der Waals surface area contributed by atoms with Crippen molar-refractivity contribution in [3.05, 3.63) is 29.8 Å². The smallest absolute Gasteiger partial charge is 0.352 e. The van der Waals surface area contributed by atoms with Crippen LogP contribution in [0.25, 0.3) is 0 Å². The lowest BCUT2D eigenvalue weighted by molar-refractivity contribution is 0.0681. The number of aromatic nitrogens is 3. The molecular formula is C13H16N4O2S. The third-order valence-corrected chi connectivity index (χ3v) is 4.51. The highest BCUT2D eigenvalue weighted by molar-refractivity contribution is 7.09. The summed E-state index contributed by atoms with van der Waals surface area (Å²) < 4.78 is 6.08. The highest BCUT2D eigenvalue weighted by Crippen LogP contribution is 2.28. The summed E-state index contributed by atoms with van der Waals surface area (Å²) >= 11 is 1.43. The number of nitrogens with zero attached hydrogens (tertiary/aromatic N) is 4. The van der Waals surface area contributed by atoms with Gasteiger partial charge >= 0.3 is 5.97 Å². The first-order chi connectivity index (χ1) is 9.65. The number of carboxylic acid groups (broad SMARTS) is 1. The summed E-state index contributed by atoms with van der Waals surface area (Å²) in [6, 6.07) is 3.70. The zero-order chi connectivity index (χ0) is 14.1. The molecule has 106 valence electrons. The maximum absolute atomic E-state index is 11.2. The van der Waals surface area contributed by atoms with E-state index in [9.17, 15) is 9.90 Å².